The van der Waals surface area contributed by atoms with Crippen LogP contribution in [0.3, 0.4) is 0 Å². The summed E-state index contributed by atoms with van der Waals surface area (Å²) in [7, 11) is 0. The monoisotopic (exact) mass is 333 g/mol. The number of nitrogens with two attached hydrogens (primary N) is 1. The lowest BCUT2D eigenvalue weighted by Crippen LogP contribution is -2.15. The van der Waals surface area contributed by atoms with Crippen LogP contribution in [0.5, 0.6) is 5.75 Å². The molecular formula is C15H19N5O4. The zero-order valence-corrected chi connectivity index (χ0v) is 13.3. The molecule has 3 N–H and O–H groups in total. The van der Waals surface area contributed by atoms with Gasteiger partial charge in [-0.1, -0.05) is 0 Å². The van der Waals surface area contributed by atoms with E-state index >= 15 is 0 Å². The van der Waals surface area contributed by atoms with Gasteiger partial charge < -0.3 is 30.5 Å². The Balaban J connectivity index is 1.86. The molecule has 0 aliphatic heterocycles. The zero-order chi connectivity index (χ0) is 17.5. The Morgan fingerprint density at radius 2 is 2.12 bits per heavy atom. The highest BCUT2D eigenvalue weighted by molar-refractivity contribution is 5.90. The van der Waals surface area contributed by atoms with Crippen LogP contribution in [0.4, 0.5) is 11.5 Å². The average Bonchev–Trinajstić information content (AvgIpc) is 2.93. The van der Waals surface area contributed by atoms with Gasteiger partial charge in [-0.25, -0.2) is 0 Å². The number of aryl methyl sites for hydroxylation is 2. The van der Waals surface area contributed by atoms with Crippen LogP contribution >= 0.6 is 0 Å². The van der Waals surface area contributed by atoms with Crippen molar-refractivity contribution in [3.8, 4) is 5.75 Å². The molecular weight excluding hydrogens is 314 g/mol. The Bertz CT molecular complexity index is 711. The number of carbonyl (C=O) groups excluding carboxylic acids is 1. The summed E-state index contributed by atoms with van der Waals surface area (Å²) in [5.41, 5.74) is 6.00. The first-order valence-electron chi connectivity index (χ1n) is 7.40. The number of nitro groups is 1. The average molecular weight is 333 g/mol. The summed E-state index contributed by atoms with van der Waals surface area (Å²) in [6.45, 7) is 2.84. The summed E-state index contributed by atoms with van der Waals surface area (Å²) < 4.78 is 6.94. The number of benzene rings is 1. The predicted octanol–water partition coefficient (Wildman–Crippen LogP) is 1.47. The number of hydrogen-bond donors (Lipinski definition) is 2. The van der Waals surface area contributed by atoms with Crippen LogP contribution in [0.15, 0.2) is 30.5 Å². The summed E-state index contributed by atoms with van der Waals surface area (Å²) in [5, 5.41) is 13.4. The molecule has 1 aromatic heterocycles. The van der Waals surface area contributed by atoms with Crippen LogP contribution in [0.25, 0.3) is 0 Å². The Labute approximate surface area is 138 Å². The molecule has 2 rings (SSSR count). The number of hydrogen-bond acceptors (Lipinski definition) is 6. The number of ether oxygens (including phenoxy) is 1. The fourth-order valence-electron chi connectivity index (χ4n) is 2.06. The second-order valence-electron chi connectivity index (χ2n) is 5.06. The van der Waals surface area contributed by atoms with Crippen LogP contribution < -0.4 is 15.8 Å². The lowest BCUT2D eigenvalue weighted by Gasteiger charge is -2.08. The number of nitrogens with zero attached hydrogens (tertiary/aromatic N) is 3. The van der Waals surface area contributed by atoms with Gasteiger partial charge in [-0.05, 0) is 34.2 Å². The topological polar surface area (TPSA) is 125 Å². The molecule has 1 aromatic carbocycles. The second-order valence-corrected chi connectivity index (χ2v) is 5.06. The van der Waals surface area contributed by atoms with Gasteiger partial charge in [-0.2, -0.15) is 0 Å². The predicted molar refractivity (Wildman–Crippen MR) is 87.9 cm³/mol. The van der Waals surface area contributed by atoms with E-state index in [0.717, 1.165) is 0 Å². The van der Waals surface area contributed by atoms with Gasteiger partial charge in [-0.3, -0.25) is 4.79 Å². The molecule has 1 heterocycles. The Hall–Kier alpha value is -2.94. The third-order valence-corrected chi connectivity index (χ3v) is 3.25. The van der Waals surface area contributed by atoms with E-state index in [4.69, 9.17) is 10.5 Å². The fourth-order valence-corrected chi connectivity index (χ4v) is 2.06. The first kappa shape index (κ1) is 17.4. The molecule has 0 aliphatic rings. The van der Waals surface area contributed by atoms with Crippen molar-refractivity contribution in [2.45, 2.75) is 19.9 Å². The smallest absolute Gasteiger partial charge is 0.381 e. The molecule has 1 amide bonds. The van der Waals surface area contributed by atoms with Crippen molar-refractivity contribution >= 4 is 17.4 Å². The Morgan fingerprint density at radius 1 is 1.42 bits per heavy atom. The van der Waals surface area contributed by atoms with Crippen molar-refractivity contribution in [3.63, 3.8) is 0 Å². The number of imidazole rings is 1. The number of nitrogens with one attached hydrogen (secondary N) is 1. The highest BCUT2D eigenvalue weighted by Gasteiger charge is 2.15. The normalized spacial score (nSPS) is 10.4. The van der Waals surface area contributed by atoms with Crippen LogP contribution in [0, 0.1) is 17.0 Å². The van der Waals surface area contributed by atoms with Crippen LogP contribution in [0.2, 0.25) is 0 Å². The standard InChI is InChI=1S/C15H19N5O4/c1-11-17-14(20(22)23)10-19(11)8-6-15(21)18-12-2-4-13(5-3-12)24-9-7-16/h2-5,10H,6-9,16H2,1H3,(H,18,21). The van der Waals surface area contributed by atoms with Crippen molar-refractivity contribution in [1.29, 1.82) is 0 Å². The minimum absolute atomic E-state index is 0.180. The van der Waals surface area contributed by atoms with Crippen molar-refractivity contribution < 1.29 is 14.5 Å². The first-order chi connectivity index (χ1) is 11.5. The van der Waals surface area contributed by atoms with Gasteiger partial charge in [0.2, 0.25) is 11.7 Å². The van der Waals surface area contributed by atoms with Gasteiger partial charge in [0.1, 0.15) is 18.6 Å². The molecule has 0 atom stereocenters. The third-order valence-electron chi connectivity index (χ3n) is 3.25. The van der Waals surface area contributed by atoms with Gasteiger partial charge in [0, 0.05) is 32.1 Å². The third kappa shape index (κ3) is 4.78. The van der Waals surface area contributed by atoms with Gasteiger partial charge in [-0.15, -0.1) is 0 Å². The highest BCUT2D eigenvalue weighted by atomic mass is 16.6. The number of amides is 1. The molecule has 0 bridgehead atoms. The van der Waals surface area contributed by atoms with Crippen molar-refractivity contribution in [1.82, 2.24) is 9.55 Å². The summed E-state index contributed by atoms with van der Waals surface area (Å²) in [6.07, 6.45) is 1.51. The van der Waals surface area contributed by atoms with E-state index in [0.29, 0.717) is 37.0 Å². The minimum atomic E-state index is -0.558. The number of carbonyl (C=O) groups is 1. The van der Waals surface area contributed by atoms with Crippen molar-refractivity contribution in [2.75, 3.05) is 18.5 Å². The van der Waals surface area contributed by atoms with Crippen molar-refractivity contribution in [2.24, 2.45) is 5.73 Å². The van der Waals surface area contributed by atoms with Crippen molar-refractivity contribution in [3.05, 3.63) is 46.4 Å². The maximum absolute atomic E-state index is 12.0. The van der Waals surface area contributed by atoms with E-state index < -0.39 is 4.92 Å². The van der Waals surface area contributed by atoms with Crippen LogP contribution in [-0.2, 0) is 11.3 Å². The molecule has 0 unspecified atom stereocenters. The van der Waals surface area contributed by atoms with E-state index in [1.54, 1.807) is 35.8 Å². The molecule has 24 heavy (non-hydrogen) atoms. The molecule has 0 fully saturated rings. The molecule has 0 saturated carbocycles. The quantitative estimate of drug-likeness (QED) is 0.556. The van der Waals surface area contributed by atoms with E-state index in [1.807, 2.05) is 0 Å². The number of aromatic nitrogens is 2. The second kappa shape index (κ2) is 8.06. The van der Waals surface area contributed by atoms with E-state index in [-0.39, 0.29) is 18.1 Å². The molecule has 9 nitrogen and oxygen atoms in total. The largest absolute Gasteiger partial charge is 0.492 e. The minimum Gasteiger partial charge on any atom is -0.492 e. The number of anilines is 1. The van der Waals surface area contributed by atoms with Crippen LogP contribution in [0.1, 0.15) is 12.2 Å². The van der Waals surface area contributed by atoms with Gasteiger partial charge in [0.25, 0.3) is 0 Å². The molecule has 128 valence electrons. The summed E-state index contributed by atoms with van der Waals surface area (Å²) >= 11 is 0. The first-order valence-corrected chi connectivity index (χ1v) is 7.40. The fraction of sp³-hybridized carbons (Fsp3) is 0.333. The van der Waals surface area contributed by atoms with Crippen LogP contribution in [-0.4, -0.2) is 33.5 Å². The molecule has 0 aliphatic carbocycles. The Kier molecular flexibility index (Phi) is 5.85. The summed E-state index contributed by atoms with van der Waals surface area (Å²) in [5.74, 6) is 0.762. The maximum atomic E-state index is 12.0. The lowest BCUT2D eigenvalue weighted by atomic mass is 10.3. The molecule has 9 heteroatoms. The lowest BCUT2D eigenvalue weighted by molar-refractivity contribution is -0.389. The molecule has 0 radical (unpaired) electrons. The van der Waals surface area contributed by atoms with E-state index in [2.05, 4.69) is 10.3 Å². The molecule has 2 aromatic rings. The maximum Gasteiger partial charge on any atom is 0.381 e. The SMILES string of the molecule is Cc1nc([N+](=O)[O-])cn1CCC(=O)Nc1ccc(OCCN)cc1. The highest BCUT2D eigenvalue weighted by Crippen LogP contribution is 2.16. The Morgan fingerprint density at radius 3 is 2.71 bits per heavy atom. The van der Waals surface area contributed by atoms with Gasteiger partial charge in [0.15, 0.2) is 0 Å². The van der Waals surface area contributed by atoms with E-state index in [9.17, 15) is 14.9 Å². The molecule has 0 spiro atoms. The number of rotatable bonds is 8. The summed E-state index contributed by atoms with van der Waals surface area (Å²) in [6, 6.07) is 6.96. The molecule has 0 saturated heterocycles. The zero-order valence-electron chi connectivity index (χ0n) is 13.3. The van der Waals surface area contributed by atoms with E-state index in [1.165, 1.54) is 6.20 Å². The van der Waals surface area contributed by atoms with Gasteiger partial charge >= 0.3 is 5.82 Å². The van der Waals surface area contributed by atoms with Gasteiger partial charge in [0.05, 0.1) is 0 Å². The summed E-state index contributed by atoms with van der Waals surface area (Å²) in [4.78, 5) is 25.9.